The van der Waals surface area contributed by atoms with Crippen LogP contribution in [0.5, 0.6) is 17.2 Å². The van der Waals surface area contributed by atoms with Gasteiger partial charge in [0.1, 0.15) is 17.2 Å². The minimum atomic E-state index is -0.668. The Morgan fingerprint density at radius 1 is 0.543 bits per heavy atom. The molecule has 0 spiro atoms. The molecule has 7 aromatic carbocycles. The molecule has 0 saturated carbocycles. The van der Waals surface area contributed by atoms with Crippen LogP contribution in [0.25, 0.3) is 21.5 Å². The van der Waals surface area contributed by atoms with Crippen LogP contribution in [0.1, 0.15) is 83.1 Å². The standard InChI is InChI=1S/C58H59N5O7/c1-39(2)54(64)68-37-15-9-8-14-36-67-43-28-22-41(23-29-43)55(65)69-44-26-20-40(21-27-44)38-59-50-32-33-52(47-17-11-10-16-46(47)50)62-63-53-35-34-51(48-18-12-13-19-49(48)53)61-60-42-24-30-45(31-25-42)70-56(66)58(6,7)57(3,4)5/h10-13,16-35,59H,1,8-9,14-15,36-38H2,2-7H3. The molecule has 0 atom stereocenters. The van der Waals surface area contributed by atoms with Crippen molar-refractivity contribution in [2.24, 2.45) is 31.3 Å². The molecular weight excluding hydrogens is 879 g/mol. The van der Waals surface area contributed by atoms with Gasteiger partial charge in [-0.25, -0.2) is 9.59 Å². The number of benzene rings is 7. The van der Waals surface area contributed by atoms with Gasteiger partial charge in [0.05, 0.1) is 46.9 Å². The summed E-state index contributed by atoms with van der Waals surface area (Å²) in [4.78, 5) is 37.3. The zero-order valence-electron chi connectivity index (χ0n) is 40.7. The van der Waals surface area contributed by atoms with Gasteiger partial charge in [0, 0.05) is 39.4 Å². The number of carbonyl (C=O) groups is 3. The summed E-state index contributed by atoms with van der Waals surface area (Å²) in [5, 5.41) is 25.8. The van der Waals surface area contributed by atoms with Gasteiger partial charge in [-0.2, -0.15) is 5.11 Å². The summed E-state index contributed by atoms with van der Waals surface area (Å²) in [6.07, 6.45) is 3.55. The highest BCUT2D eigenvalue weighted by Gasteiger charge is 2.41. The summed E-state index contributed by atoms with van der Waals surface area (Å²) in [5.74, 6) is 0.479. The number of fused-ring (bicyclic) bond motifs is 2. The molecule has 0 heterocycles. The van der Waals surface area contributed by atoms with Crippen LogP contribution in [0, 0.1) is 10.8 Å². The largest absolute Gasteiger partial charge is 0.494 e. The van der Waals surface area contributed by atoms with E-state index < -0.39 is 11.4 Å². The highest BCUT2D eigenvalue weighted by atomic mass is 16.5. The van der Waals surface area contributed by atoms with E-state index in [9.17, 15) is 14.4 Å². The Hall–Kier alpha value is -7.99. The summed E-state index contributed by atoms with van der Waals surface area (Å²) in [7, 11) is 0. The first-order valence-electron chi connectivity index (χ1n) is 23.5. The van der Waals surface area contributed by atoms with E-state index in [0.717, 1.165) is 64.2 Å². The van der Waals surface area contributed by atoms with Gasteiger partial charge in [-0.1, -0.05) is 88.0 Å². The van der Waals surface area contributed by atoms with Crippen LogP contribution in [0.15, 0.2) is 178 Å². The zero-order valence-corrected chi connectivity index (χ0v) is 40.7. The van der Waals surface area contributed by atoms with Crippen molar-refractivity contribution in [3.05, 3.63) is 169 Å². The molecule has 0 aromatic heterocycles. The van der Waals surface area contributed by atoms with Gasteiger partial charge in [-0.3, -0.25) is 4.79 Å². The second-order valence-electron chi connectivity index (χ2n) is 18.6. The van der Waals surface area contributed by atoms with E-state index in [2.05, 4.69) is 28.2 Å². The monoisotopic (exact) mass is 937 g/mol. The first-order valence-corrected chi connectivity index (χ1v) is 23.5. The van der Waals surface area contributed by atoms with Gasteiger partial charge in [0.15, 0.2) is 0 Å². The number of rotatable bonds is 20. The predicted octanol–water partition coefficient (Wildman–Crippen LogP) is 15.7. The van der Waals surface area contributed by atoms with E-state index in [1.807, 2.05) is 113 Å². The first-order chi connectivity index (χ1) is 33.7. The number of hydrogen-bond donors (Lipinski definition) is 1. The minimum absolute atomic E-state index is 0.262. The van der Waals surface area contributed by atoms with Crippen LogP contribution in [0.2, 0.25) is 0 Å². The topological polar surface area (TPSA) is 150 Å². The Kier molecular flexibility index (Phi) is 16.3. The van der Waals surface area contributed by atoms with Gasteiger partial charge in [-0.05, 0) is 142 Å². The molecule has 0 radical (unpaired) electrons. The molecule has 1 N–H and O–H groups in total. The van der Waals surface area contributed by atoms with E-state index in [1.165, 1.54) is 0 Å². The number of nitrogens with one attached hydrogen (secondary N) is 1. The molecule has 7 aromatic rings. The third kappa shape index (κ3) is 13.0. The number of hydrogen-bond acceptors (Lipinski definition) is 12. The molecule has 0 fully saturated rings. The van der Waals surface area contributed by atoms with Gasteiger partial charge >= 0.3 is 17.9 Å². The van der Waals surface area contributed by atoms with Crippen molar-refractivity contribution in [1.29, 1.82) is 0 Å². The van der Waals surface area contributed by atoms with E-state index >= 15 is 0 Å². The van der Waals surface area contributed by atoms with Crippen molar-refractivity contribution in [3.63, 3.8) is 0 Å². The summed E-state index contributed by atoms with van der Waals surface area (Å²) in [5.41, 5.74) is 4.56. The van der Waals surface area contributed by atoms with Gasteiger partial charge in [0.2, 0.25) is 0 Å². The molecule has 0 amide bonds. The molecule has 0 aliphatic rings. The van der Waals surface area contributed by atoms with Crippen LogP contribution in [-0.4, -0.2) is 31.1 Å². The number of unbranched alkanes of at least 4 members (excludes halogenated alkanes) is 3. The lowest BCUT2D eigenvalue weighted by Crippen LogP contribution is -2.40. The molecule has 0 saturated heterocycles. The lowest BCUT2D eigenvalue weighted by molar-refractivity contribution is -0.150. The second kappa shape index (κ2) is 22.9. The summed E-state index contributed by atoms with van der Waals surface area (Å²) < 4.78 is 22.3. The molecule has 358 valence electrons. The predicted molar refractivity (Wildman–Crippen MR) is 276 cm³/mol. The summed E-state index contributed by atoms with van der Waals surface area (Å²) in [6, 6.07) is 45.0. The molecule has 12 nitrogen and oxygen atoms in total. The van der Waals surface area contributed by atoms with Crippen molar-refractivity contribution in [2.75, 3.05) is 18.5 Å². The van der Waals surface area contributed by atoms with Gasteiger partial charge in [-0.15, -0.1) is 15.3 Å². The molecule has 0 aliphatic carbocycles. The van der Waals surface area contributed by atoms with Crippen LogP contribution >= 0.6 is 0 Å². The van der Waals surface area contributed by atoms with Crippen molar-refractivity contribution in [1.82, 2.24) is 0 Å². The average Bonchev–Trinajstić information content (AvgIpc) is 3.36. The second-order valence-corrected chi connectivity index (χ2v) is 18.6. The quantitative estimate of drug-likeness (QED) is 0.0261. The third-order valence-electron chi connectivity index (χ3n) is 12.3. The molecule has 0 unspecified atom stereocenters. The van der Waals surface area contributed by atoms with Crippen molar-refractivity contribution in [3.8, 4) is 17.2 Å². The SMILES string of the molecule is C=C(C)C(=O)OCCCCCCOc1ccc(C(=O)Oc2ccc(CNc3ccc(N=Nc4ccc(N=Nc5ccc(OC(=O)C(C)(C)C(C)(C)C)cc5)c5ccccc45)c4ccccc34)cc2)cc1. The van der Waals surface area contributed by atoms with Gasteiger partial charge < -0.3 is 24.3 Å². The van der Waals surface area contributed by atoms with E-state index in [0.29, 0.717) is 65.2 Å². The normalized spacial score (nSPS) is 11.8. The van der Waals surface area contributed by atoms with Crippen LogP contribution < -0.4 is 19.5 Å². The van der Waals surface area contributed by atoms with E-state index in [4.69, 9.17) is 29.2 Å². The lowest BCUT2D eigenvalue weighted by Gasteiger charge is -2.36. The molecule has 7 rings (SSSR count). The van der Waals surface area contributed by atoms with Crippen LogP contribution in [-0.2, 0) is 20.9 Å². The number of ether oxygens (including phenoxy) is 4. The highest BCUT2D eigenvalue weighted by Crippen LogP contribution is 2.40. The van der Waals surface area contributed by atoms with E-state index in [-0.39, 0.29) is 17.4 Å². The Morgan fingerprint density at radius 2 is 1.04 bits per heavy atom. The number of carbonyl (C=O) groups excluding carboxylic acids is 3. The maximum atomic E-state index is 12.9. The molecule has 0 bridgehead atoms. The fourth-order valence-electron chi connectivity index (χ4n) is 7.07. The Morgan fingerprint density at radius 3 is 1.63 bits per heavy atom. The first kappa shape index (κ1) is 49.9. The maximum Gasteiger partial charge on any atom is 0.343 e. The van der Waals surface area contributed by atoms with E-state index in [1.54, 1.807) is 67.6 Å². The average molecular weight is 938 g/mol. The smallest absolute Gasteiger partial charge is 0.343 e. The Bertz CT molecular complexity index is 3030. The fourth-order valence-corrected chi connectivity index (χ4v) is 7.07. The lowest BCUT2D eigenvalue weighted by atomic mass is 9.69. The molecule has 70 heavy (non-hydrogen) atoms. The van der Waals surface area contributed by atoms with Crippen molar-refractivity contribution >= 4 is 67.9 Å². The molecule has 0 aliphatic heterocycles. The molecule has 12 heteroatoms. The number of esters is 3. The van der Waals surface area contributed by atoms with Gasteiger partial charge in [0.25, 0.3) is 0 Å². The van der Waals surface area contributed by atoms with Crippen molar-refractivity contribution < 1.29 is 33.3 Å². The zero-order chi connectivity index (χ0) is 49.7. The summed E-state index contributed by atoms with van der Waals surface area (Å²) in [6.45, 7) is 16.6. The van der Waals surface area contributed by atoms with Crippen molar-refractivity contribution in [2.45, 2.75) is 73.8 Å². The van der Waals surface area contributed by atoms with Crippen LogP contribution in [0.4, 0.5) is 28.4 Å². The summed E-state index contributed by atoms with van der Waals surface area (Å²) >= 11 is 0. The molecular formula is C58H59N5O7. The maximum absolute atomic E-state index is 12.9. The fraction of sp³-hybridized carbons (Fsp3) is 0.259. The number of anilines is 1. The highest BCUT2D eigenvalue weighted by molar-refractivity contribution is 6.02. The third-order valence-corrected chi connectivity index (χ3v) is 12.3. The Labute approximate surface area is 409 Å². The number of azo groups is 2. The van der Waals surface area contributed by atoms with Crippen LogP contribution in [0.3, 0.4) is 0 Å². The number of nitrogens with zero attached hydrogens (tertiary/aromatic N) is 4. The minimum Gasteiger partial charge on any atom is -0.494 e. The Balaban J connectivity index is 0.917.